The maximum atomic E-state index is 12.7. The van der Waals surface area contributed by atoms with Gasteiger partial charge in [-0.2, -0.15) is 0 Å². The van der Waals surface area contributed by atoms with Crippen molar-refractivity contribution in [3.05, 3.63) is 41.5 Å². The molecule has 6 heteroatoms. The van der Waals surface area contributed by atoms with Gasteiger partial charge in [-0.1, -0.05) is 20.8 Å². The Morgan fingerprint density at radius 1 is 1.32 bits per heavy atom. The lowest BCUT2D eigenvalue weighted by Crippen LogP contribution is -2.43. The van der Waals surface area contributed by atoms with Gasteiger partial charge in [0.05, 0.1) is 19.4 Å². The van der Waals surface area contributed by atoms with Gasteiger partial charge in [-0.3, -0.25) is 4.79 Å². The topological polar surface area (TPSA) is 68.7 Å². The van der Waals surface area contributed by atoms with Crippen molar-refractivity contribution >= 4 is 5.91 Å². The Morgan fingerprint density at radius 3 is 2.76 bits per heavy atom. The molecule has 0 aliphatic carbocycles. The third-order valence-electron chi connectivity index (χ3n) is 4.38. The number of amides is 1. The molecule has 0 saturated carbocycles. The number of furan rings is 1. The van der Waals surface area contributed by atoms with Crippen LogP contribution in [0.3, 0.4) is 0 Å². The average Bonchev–Trinajstić information content (AvgIpc) is 3.21. The van der Waals surface area contributed by atoms with Crippen molar-refractivity contribution in [3.8, 4) is 0 Å². The van der Waals surface area contributed by atoms with Gasteiger partial charge in [0.25, 0.3) is 0 Å². The van der Waals surface area contributed by atoms with Gasteiger partial charge in [-0.15, -0.1) is 0 Å². The van der Waals surface area contributed by atoms with E-state index in [9.17, 15) is 4.79 Å². The average molecular weight is 346 g/mol. The highest BCUT2D eigenvalue weighted by atomic mass is 16.5. The fourth-order valence-corrected chi connectivity index (χ4v) is 2.90. The van der Waals surface area contributed by atoms with Gasteiger partial charge in [0.2, 0.25) is 5.91 Å². The summed E-state index contributed by atoms with van der Waals surface area (Å²) in [6, 6.07) is 3.66. The summed E-state index contributed by atoms with van der Waals surface area (Å²) in [5.41, 5.74) is -0.0816. The van der Waals surface area contributed by atoms with Crippen LogP contribution in [0.1, 0.15) is 56.4 Å². The molecule has 6 nitrogen and oxygen atoms in total. The fraction of sp³-hybridized carbons (Fsp3) is 0.579. The summed E-state index contributed by atoms with van der Waals surface area (Å²) in [4.78, 5) is 18.9. The summed E-state index contributed by atoms with van der Waals surface area (Å²) < 4.78 is 17.0. The number of rotatable bonds is 4. The molecule has 1 atom stereocenters. The number of oxazole rings is 1. The lowest BCUT2D eigenvalue weighted by molar-refractivity contribution is -0.141. The van der Waals surface area contributed by atoms with Crippen LogP contribution in [-0.4, -0.2) is 35.5 Å². The van der Waals surface area contributed by atoms with Crippen molar-refractivity contribution < 1.29 is 18.4 Å². The normalized spacial score (nSPS) is 18.6. The van der Waals surface area contributed by atoms with Crippen molar-refractivity contribution in [1.29, 1.82) is 0 Å². The second kappa shape index (κ2) is 7.04. The van der Waals surface area contributed by atoms with Gasteiger partial charge in [0.15, 0.2) is 5.89 Å². The minimum absolute atomic E-state index is 0.0675. The van der Waals surface area contributed by atoms with E-state index in [4.69, 9.17) is 13.6 Å². The Balaban J connectivity index is 1.64. The SMILES string of the molecule is Cc1ccc(C2COCCN2C(=O)CCc2ncc(C(C)(C)C)o2)o1. The maximum Gasteiger partial charge on any atom is 0.223 e. The minimum Gasteiger partial charge on any atom is -0.464 e. The largest absolute Gasteiger partial charge is 0.464 e. The summed E-state index contributed by atoms with van der Waals surface area (Å²) in [7, 11) is 0. The van der Waals surface area contributed by atoms with E-state index in [0.29, 0.717) is 38.5 Å². The maximum absolute atomic E-state index is 12.7. The Hall–Kier alpha value is -2.08. The molecule has 0 N–H and O–H groups in total. The molecule has 1 saturated heterocycles. The number of ether oxygens (including phenoxy) is 1. The number of nitrogens with zero attached hydrogens (tertiary/aromatic N) is 2. The van der Waals surface area contributed by atoms with Crippen LogP contribution < -0.4 is 0 Å². The van der Waals surface area contributed by atoms with Crippen LogP contribution in [0.5, 0.6) is 0 Å². The van der Waals surface area contributed by atoms with Crippen LogP contribution in [0.4, 0.5) is 0 Å². The van der Waals surface area contributed by atoms with Crippen molar-refractivity contribution in [2.24, 2.45) is 0 Å². The number of aryl methyl sites for hydroxylation is 2. The molecular weight excluding hydrogens is 320 g/mol. The predicted molar refractivity (Wildman–Crippen MR) is 92.2 cm³/mol. The van der Waals surface area contributed by atoms with E-state index in [-0.39, 0.29) is 17.4 Å². The number of morpholine rings is 1. The van der Waals surface area contributed by atoms with Gasteiger partial charge >= 0.3 is 0 Å². The first-order valence-corrected chi connectivity index (χ1v) is 8.73. The Bertz CT molecular complexity index is 726. The summed E-state index contributed by atoms with van der Waals surface area (Å²) in [5, 5.41) is 0. The molecule has 136 valence electrons. The summed E-state index contributed by atoms with van der Waals surface area (Å²) >= 11 is 0. The van der Waals surface area contributed by atoms with E-state index in [1.165, 1.54) is 0 Å². The zero-order valence-corrected chi connectivity index (χ0v) is 15.4. The third-order valence-corrected chi connectivity index (χ3v) is 4.38. The number of hydrogen-bond acceptors (Lipinski definition) is 5. The summed E-state index contributed by atoms with van der Waals surface area (Å²) in [5.74, 6) is 3.12. The number of hydrogen-bond donors (Lipinski definition) is 0. The van der Waals surface area contributed by atoms with E-state index in [1.54, 1.807) is 6.20 Å². The molecule has 0 radical (unpaired) electrons. The van der Waals surface area contributed by atoms with E-state index in [2.05, 4.69) is 25.8 Å². The van der Waals surface area contributed by atoms with Gasteiger partial charge in [-0.05, 0) is 19.1 Å². The Kier molecular flexibility index (Phi) is 4.99. The second-order valence-electron chi connectivity index (χ2n) is 7.49. The summed E-state index contributed by atoms with van der Waals surface area (Å²) in [6.07, 6.45) is 2.61. The van der Waals surface area contributed by atoms with E-state index in [1.807, 2.05) is 24.0 Å². The molecule has 1 fully saturated rings. The molecule has 0 spiro atoms. The molecule has 2 aromatic heterocycles. The van der Waals surface area contributed by atoms with Crippen LogP contribution in [0.15, 0.2) is 27.2 Å². The van der Waals surface area contributed by atoms with Crippen LogP contribution in [0.2, 0.25) is 0 Å². The molecule has 0 aromatic carbocycles. The molecular formula is C19H26N2O4. The zero-order valence-electron chi connectivity index (χ0n) is 15.4. The van der Waals surface area contributed by atoms with Crippen molar-refractivity contribution in [2.45, 2.75) is 52.0 Å². The highest BCUT2D eigenvalue weighted by Gasteiger charge is 2.30. The molecule has 2 aromatic rings. The highest BCUT2D eigenvalue weighted by Crippen LogP contribution is 2.27. The molecule has 1 aliphatic rings. The van der Waals surface area contributed by atoms with Crippen LogP contribution in [0, 0.1) is 6.92 Å². The van der Waals surface area contributed by atoms with Gasteiger partial charge in [0, 0.05) is 24.8 Å². The molecule has 1 amide bonds. The lowest BCUT2D eigenvalue weighted by atomic mass is 9.94. The predicted octanol–water partition coefficient (Wildman–Crippen LogP) is 3.41. The van der Waals surface area contributed by atoms with E-state index in [0.717, 1.165) is 17.3 Å². The first-order valence-electron chi connectivity index (χ1n) is 8.73. The Labute approximate surface area is 148 Å². The molecule has 25 heavy (non-hydrogen) atoms. The first kappa shape index (κ1) is 17.7. The Morgan fingerprint density at radius 2 is 2.12 bits per heavy atom. The highest BCUT2D eigenvalue weighted by molar-refractivity contribution is 5.77. The lowest BCUT2D eigenvalue weighted by Gasteiger charge is -2.34. The quantitative estimate of drug-likeness (QED) is 0.848. The van der Waals surface area contributed by atoms with E-state index >= 15 is 0 Å². The standard InChI is InChI=1S/C19H26N2O4/c1-13-5-6-15(24-13)14-12-23-10-9-21(14)18(22)8-7-17-20-11-16(25-17)19(2,3)4/h5-6,11,14H,7-10,12H2,1-4H3. The molecule has 1 unspecified atom stereocenters. The van der Waals surface area contributed by atoms with E-state index < -0.39 is 0 Å². The van der Waals surface area contributed by atoms with Gasteiger partial charge in [-0.25, -0.2) is 4.98 Å². The van der Waals surface area contributed by atoms with Crippen molar-refractivity contribution in [1.82, 2.24) is 9.88 Å². The number of carbonyl (C=O) groups is 1. The minimum atomic E-state index is -0.162. The molecule has 3 heterocycles. The fourth-order valence-electron chi connectivity index (χ4n) is 2.90. The van der Waals surface area contributed by atoms with Crippen molar-refractivity contribution in [3.63, 3.8) is 0 Å². The first-order chi connectivity index (χ1) is 11.8. The molecule has 3 rings (SSSR count). The van der Waals surface area contributed by atoms with Crippen LogP contribution in [0.25, 0.3) is 0 Å². The smallest absolute Gasteiger partial charge is 0.223 e. The monoisotopic (exact) mass is 346 g/mol. The summed E-state index contributed by atoms with van der Waals surface area (Å²) in [6.45, 7) is 9.71. The van der Waals surface area contributed by atoms with Gasteiger partial charge < -0.3 is 18.5 Å². The second-order valence-corrected chi connectivity index (χ2v) is 7.49. The molecule has 1 aliphatic heterocycles. The molecule has 0 bridgehead atoms. The van der Waals surface area contributed by atoms with Crippen molar-refractivity contribution in [2.75, 3.05) is 19.8 Å². The number of aromatic nitrogens is 1. The van der Waals surface area contributed by atoms with Crippen LogP contribution >= 0.6 is 0 Å². The zero-order chi connectivity index (χ0) is 18.0. The number of carbonyl (C=O) groups excluding carboxylic acids is 1. The third kappa shape index (κ3) is 4.12. The van der Waals surface area contributed by atoms with Crippen LogP contribution in [-0.2, 0) is 21.4 Å². The van der Waals surface area contributed by atoms with Gasteiger partial charge in [0.1, 0.15) is 23.3 Å².